The van der Waals surface area contributed by atoms with E-state index in [0.717, 1.165) is 38.9 Å². The SMILES string of the molecule is O=C(CCCN1CCC(=C(c2ccccc2)c2ccccc2)CC1)c1ccccc1O. The average molecular weight is 412 g/mol. The van der Waals surface area contributed by atoms with Gasteiger partial charge < -0.3 is 10.0 Å². The highest BCUT2D eigenvalue weighted by Gasteiger charge is 2.19. The number of nitrogens with zero attached hydrogens (tertiary/aromatic N) is 1. The predicted octanol–water partition coefficient (Wildman–Crippen LogP) is 5.95. The Morgan fingerprint density at radius 1 is 0.774 bits per heavy atom. The number of para-hydroxylation sites is 1. The summed E-state index contributed by atoms with van der Waals surface area (Å²) < 4.78 is 0. The molecular weight excluding hydrogens is 382 g/mol. The third-order valence-electron chi connectivity index (χ3n) is 6.02. The molecule has 4 rings (SSSR count). The Balaban J connectivity index is 1.38. The summed E-state index contributed by atoms with van der Waals surface area (Å²) in [5.74, 6) is 0.0979. The Morgan fingerprint density at radius 3 is 1.90 bits per heavy atom. The van der Waals surface area contributed by atoms with Crippen molar-refractivity contribution < 1.29 is 9.90 Å². The van der Waals surface area contributed by atoms with Gasteiger partial charge in [0.25, 0.3) is 0 Å². The van der Waals surface area contributed by atoms with Crippen LogP contribution in [-0.2, 0) is 0 Å². The second-order valence-corrected chi connectivity index (χ2v) is 8.10. The molecule has 0 aromatic heterocycles. The quantitative estimate of drug-likeness (QED) is 0.488. The molecule has 3 nitrogen and oxygen atoms in total. The van der Waals surface area contributed by atoms with Crippen LogP contribution in [0.2, 0.25) is 0 Å². The van der Waals surface area contributed by atoms with Crippen molar-refractivity contribution in [3.8, 4) is 5.75 Å². The van der Waals surface area contributed by atoms with Gasteiger partial charge in [0.15, 0.2) is 5.78 Å². The van der Waals surface area contributed by atoms with Crippen LogP contribution in [-0.4, -0.2) is 35.4 Å². The molecule has 0 atom stereocenters. The lowest BCUT2D eigenvalue weighted by Crippen LogP contribution is -2.32. The number of benzene rings is 3. The molecule has 0 amide bonds. The summed E-state index contributed by atoms with van der Waals surface area (Å²) in [6.07, 6.45) is 3.38. The van der Waals surface area contributed by atoms with Crippen molar-refractivity contribution >= 4 is 11.4 Å². The van der Waals surface area contributed by atoms with Crippen molar-refractivity contribution in [2.75, 3.05) is 19.6 Å². The summed E-state index contributed by atoms with van der Waals surface area (Å²) in [4.78, 5) is 14.8. The molecule has 1 saturated heterocycles. The fraction of sp³-hybridized carbons (Fsp3) is 0.250. The molecule has 1 fully saturated rings. The van der Waals surface area contributed by atoms with E-state index in [2.05, 4.69) is 65.6 Å². The minimum atomic E-state index is 0.0196. The van der Waals surface area contributed by atoms with Crippen molar-refractivity contribution in [1.82, 2.24) is 4.90 Å². The smallest absolute Gasteiger partial charge is 0.166 e. The lowest BCUT2D eigenvalue weighted by atomic mass is 9.88. The van der Waals surface area contributed by atoms with Gasteiger partial charge in [-0.1, -0.05) is 78.4 Å². The van der Waals surface area contributed by atoms with Gasteiger partial charge >= 0.3 is 0 Å². The molecular formula is C28H29NO2. The third-order valence-corrected chi connectivity index (χ3v) is 6.02. The number of piperidine rings is 1. The minimum Gasteiger partial charge on any atom is -0.507 e. The number of Topliss-reactive ketones (excluding diaryl/α,β-unsaturated/α-hetero) is 1. The average Bonchev–Trinajstić information content (AvgIpc) is 2.82. The van der Waals surface area contributed by atoms with E-state index in [-0.39, 0.29) is 11.5 Å². The summed E-state index contributed by atoms with van der Waals surface area (Å²) in [6.45, 7) is 2.95. The van der Waals surface area contributed by atoms with Crippen molar-refractivity contribution in [3.05, 3.63) is 107 Å². The molecule has 0 saturated carbocycles. The Hall–Kier alpha value is -3.17. The Bertz CT molecular complexity index is 989. The predicted molar refractivity (Wildman–Crippen MR) is 126 cm³/mol. The van der Waals surface area contributed by atoms with Gasteiger partial charge in [-0.15, -0.1) is 0 Å². The molecule has 1 aliphatic rings. The maximum absolute atomic E-state index is 12.4. The van der Waals surface area contributed by atoms with Gasteiger partial charge in [-0.05, 0) is 54.6 Å². The van der Waals surface area contributed by atoms with Crippen molar-refractivity contribution in [2.45, 2.75) is 25.7 Å². The molecule has 1 N–H and O–H groups in total. The van der Waals surface area contributed by atoms with Gasteiger partial charge in [-0.3, -0.25) is 4.79 Å². The highest BCUT2D eigenvalue weighted by molar-refractivity contribution is 5.98. The summed E-state index contributed by atoms with van der Waals surface area (Å²) in [6, 6.07) is 28.2. The molecule has 0 spiro atoms. The maximum atomic E-state index is 12.4. The molecule has 0 unspecified atom stereocenters. The zero-order chi connectivity index (χ0) is 21.5. The third kappa shape index (κ3) is 5.31. The molecule has 0 bridgehead atoms. The number of likely N-dealkylation sites (tertiary alicyclic amines) is 1. The topological polar surface area (TPSA) is 40.5 Å². The first-order chi connectivity index (χ1) is 15.2. The molecule has 3 heteroatoms. The number of carbonyl (C=O) groups excluding carboxylic acids is 1. The van der Waals surface area contributed by atoms with Crippen LogP contribution in [0.4, 0.5) is 0 Å². The summed E-state index contributed by atoms with van der Waals surface area (Å²) >= 11 is 0. The van der Waals surface area contributed by atoms with Gasteiger partial charge in [0.05, 0.1) is 5.56 Å². The number of aromatic hydroxyl groups is 1. The second-order valence-electron chi connectivity index (χ2n) is 8.10. The van der Waals surface area contributed by atoms with Crippen LogP contribution in [0.3, 0.4) is 0 Å². The van der Waals surface area contributed by atoms with E-state index in [1.165, 1.54) is 22.3 Å². The van der Waals surface area contributed by atoms with E-state index < -0.39 is 0 Å². The van der Waals surface area contributed by atoms with Crippen molar-refractivity contribution in [2.24, 2.45) is 0 Å². The molecule has 1 aliphatic heterocycles. The van der Waals surface area contributed by atoms with Gasteiger partial charge in [-0.25, -0.2) is 0 Å². The van der Waals surface area contributed by atoms with Crippen LogP contribution in [0.5, 0.6) is 5.75 Å². The standard InChI is InChI=1S/C28H29NO2/c30-26-15-8-7-14-25(26)27(31)16-9-19-29-20-17-24(18-21-29)28(22-10-3-1-4-11-22)23-12-5-2-6-13-23/h1-8,10-15,30H,9,16-21H2. The van der Waals surface area contributed by atoms with E-state index >= 15 is 0 Å². The normalized spacial score (nSPS) is 14.4. The Labute approximate surface area is 184 Å². The van der Waals surface area contributed by atoms with Crippen LogP contribution in [0.25, 0.3) is 5.57 Å². The van der Waals surface area contributed by atoms with Gasteiger partial charge in [0, 0.05) is 19.5 Å². The van der Waals surface area contributed by atoms with Crippen LogP contribution >= 0.6 is 0 Å². The number of phenols is 1. The van der Waals surface area contributed by atoms with Gasteiger partial charge in [0.2, 0.25) is 0 Å². The van der Waals surface area contributed by atoms with Crippen molar-refractivity contribution in [3.63, 3.8) is 0 Å². The largest absolute Gasteiger partial charge is 0.507 e. The Kier molecular flexibility index (Phi) is 6.96. The highest BCUT2D eigenvalue weighted by atomic mass is 16.3. The lowest BCUT2D eigenvalue weighted by molar-refractivity contribution is 0.0971. The number of rotatable bonds is 7. The van der Waals surface area contributed by atoms with Gasteiger partial charge in [0.1, 0.15) is 5.75 Å². The highest BCUT2D eigenvalue weighted by Crippen LogP contribution is 2.32. The minimum absolute atomic E-state index is 0.0196. The van der Waals surface area contributed by atoms with E-state index in [1.54, 1.807) is 24.3 Å². The lowest BCUT2D eigenvalue weighted by Gasteiger charge is -2.30. The number of hydrogen-bond donors (Lipinski definition) is 1. The van der Waals surface area contributed by atoms with E-state index in [9.17, 15) is 9.90 Å². The number of hydrogen-bond acceptors (Lipinski definition) is 3. The molecule has 3 aromatic rings. The number of ketones is 1. The van der Waals surface area contributed by atoms with E-state index in [0.29, 0.717) is 12.0 Å². The van der Waals surface area contributed by atoms with E-state index in [1.807, 2.05) is 0 Å². The first-order valence-corrected chi connectivity index (χ1v) is 11.1. The zero-order valence-electron chi connectivity index (χ0n) is 17.8. The van der Waals surface area contributed by atoms with E-state index in [4.69, 9.17) is 0 Å². The molecule has 3 aromatic carbocycles. The fourth-order valence-corrected chi connectivity index (χ4v) is 4.39. The fourth-order valence-electron chi connectivity index (χ4n) is 4.39. The molecule has 31 heavy (non-hydrogen) atoms. The van der Waals surface area contributed by atoms with Crippen molar-refractivity contribution in [1.29, 1.82) is 0 Å². The molecule has 0 radical (unpaired) electrons. The first kappa shape index (κ1) is 21.1. The zero-order valence-corrected chi connectivity index (χ0v) is 17.8. The Morgan fingerprint density at radius 2 is 1.32 bits per heavy atom. The summed E-state index contributed by atoms with van der Waals surface area (Å²) in [5, 5.41) is 9.86. The summed E-state index contributed by atoms with van der Waals surface area (Å²) in [7, 11) is 0. The first-order valence-electron chi connectivity index (χ1n) is 11.1. The maximum Gasteiger partial charge on any atom is 0.166 e. The number of phenolic OH excluding ortho intramolecular Hbond substituents is 1. The number of carbonyl (C=O) groups is 1. The molecule has 1 heterocycles. The van der Waals surface area contributed by atoms with Crippen LogP contribution in [0.15, 0.2) is 90.5 Å². The van der Waals surface area contributed by atoms with Crippen LogP contribution in [0.1, 0.15) is 47.2 Å². The van der Waals surface area contributed by atoms with Gasteiger partial charge in [-0.2, -0.15) is 0 Å². The second kappa shape index (κ2) is 10.2. The van der Waals surface area contributed by atoms with Crippen LogP contribution < -0.4 is 0 Å². The monoisotopic (exact) mass is 411 g/mol. The summed E-state index contributed by atoms with van der Waals surface area (Å²) in [5.41, 5.74) is 5.88. The molecule has 0 aliphatic carbocycles. The molecule has 158 valence electrons. The van der Waals surface area contributed by atoms with Crippen LogP contribution in [0, 0.1) is 0 Å².